The number of fused-ring (bicyclic) bond motifs is 1. The predicted octanol–water partition coefficient (Wildman–Crippen LogP) is 6.24. The Morgan fingerprint density at radius 1 is 0.898 bits per heavy atom. The zero-order valence-corrected chi connectivity index (χ0v) is 36.5. The van der Waals surface area contributed by atoms with E-state index in [1.54, 1.807) is 12.3 Å². The second-order valence-electron chi connectivity index (χ2n) is 14.5. The van der Waals surface area contributed by atoms with Crippen molar-refractivity contribution in [2.45, 2.75) is 137 Å². The summed E-state index contributed by atoms with van der Waals surface area (Å²) in [5.41, 5.74) is 0.333. The van der Waals surface area contributed by atoms with E-state index >= 15 is 0 Å². The van der Waals surface area contributed by atoms with Crippen LogP contribution in [0.1, 0.15) is 112 Å². The lowest BCUT2D eigenvalue weighted by molar-refractivity contribution is -0.221. The lowest BCUT2D eigenvalue weighted by atomic mass is 9.85. The molecule has 3 aliphatic heterocycles. The van der Waals surface area contributed by atoms with Gasteiger partial charge in [0.25, 0.3) is 5.56 Å². The molecule has 0 aromatic rings. The van der Waals surface area contributed by atoms with Crippen LogP contribution in [0.3, 0.4) is 0 Å². The molecule has 0 bridgehead atoms. The highest BCUT2D eigenvalue weighted by Gasteiger charge is 2.49. The zero-order valence-electron chi connectivity index (χ0n) is 34.9. The Bertz CT molecular complexity index is 1880. The van der Waals surface area contributed by atoms with Gasteiger partial charge in [0.15, 0.2) is 12.2 Å². The maximum atomic E-state index is 12.9. The summed E-state index contributed by atoms with van der Waals surface area (Å²) in [5, 5.41) is 4.38. The number of hydrogen-bond acceptors (Lipinski definition) is 16. The Labute approximate surface area is 351 Å². The van der Waals surface area contributed by atoms with Crippen LogP contribution in [-0.4, -0.2) is 90.0 Å². The standard InChI is InChI=1S/C41H56N2O14S2/c1-9-32(54-26(5)45)23(2)16-15-17-30-21-53-38(39(57-29(8)48)37(30)56-28(7)47)36(55-27(6)46)24(3)20-34(50)52-19-14-12-10-11-13-18-33(49)42-35-40-31(22-58-59-40)43(25(4)44)41(35)51/h15-16,20,22-23,30,32,36-39H,9-14,17-19,21H2,1-8H3,(H,42,49)/b16-15+,24-20+. The first-order chi connectivity index (χ1) is 27.9. The van der Waals surface area contributed by atoms with Gasteiger partial charge in [-0.25, -0.2) is 9.36 Å². The van der Waals surface area contributed by atoms with Crippen molar-refractivity contribution in [1.29, 1.82) is 0 Å². The monoisotopic (exact) mass is 864 g/mol. The summed E-state index contributed by atoms with van der Waals surface area (Å²) >= 11 is 0. The molecule has 0 aromatic carbocycles. The third kappa shape index (κ3) is 14.8. The summed E-state index contributed by atoms with van der Waals surface area (Å²) in [6.45, 7) is 11.8. The van der Waals surface area contributed by atoms with Crippen LogP contribution >= 0.6 is 20.7 Å². The Morgan fingerprint density at radius 2 is 1.54 bits per heavy atom. The van der Waals surface area contributed by atoms with Gasteiger partial charge in [0.2, 0.25) is 11.8 Å². The van der Waals surface area contributed by atoms with Gasteiger partial charge in [-0.2, -0.15) is 0 Å². The largest absolute Gasteiger partial charge is 0.463 e. The minimum atomic E-state index is -1.21. The Hall–Kier alpha value is -4.68. The van der Waals surface area contributed by atoms with Crippen molar-refractivity contribution >= 4 is 68.0 Å². The van der Waals surface area contributed by atoms with Gasteiger partial charge >= 0.3 is 29.8 Å². The van der Waals surface area contributed by atoms with E-state index < -0.39 is 65.7 Å². The number of ether oxygens (including phenoxy) is 6. The molecule has 1 amide bonds. The number of esters is 5. The average Bonchev–Trinajstić information content (AvgIpc) is 3.71. The van der Waals surface area contributed by atoms with Crippen LogP contribution < -0.4 is 10.9 Å². The Morgan fingerprint density at radius 3 is 2.17 bits per heavy atom. The number of carbonyl (C=O) groups excluding carboxylic acids is 7. The number of anilines is 1. The van der Waals surface area contributed by atoms with Crippen LogP contribution in [0, 0.1) is 11.8 Å². The molecule has 0 aliphatic carbocycles. The fourth-order valence-electron chi connectivity index (χ4n) is 6.87. The van der Waals surface area contributed by atoms with Crippen molar-refractivity contribution in [2.24, 2.45) is 11.8 Å². The van der Waals surface area contributed by atoms with Crippen molar-refractivity contribution in [3.63, 3.8) is 0 Å². The molecule has 0 saturated carbocycles. The molecule has 3 rings (SSSR count). The fraction of sp³-hybridized carbons (Fsp3) is 0.610. The van der Waals surface area contributed by atoms with Crippen molar-refractivity contribution in [3.05, 3.63) is 39.5 Å². The number of amides is 1. The van der Waals surface area contributed by atoms with Gasteiger partial charge in [-0.3, -0.25) is 33.6 Å². The molecule has 0 radical (unpaired) electrons. The molecular weight excluding hydrogens is 809 g/mol. The number of unbranched alkanes of at least 4 members (excludes halogenated alkanes) is 4. The van der Waals surface area contributed by atoms with E-state index in [0.29, 0.717) is 36.3 Å². The van der Waals surface area contributed by atoms with Crippen LogP contribution in [0.4, 0.5) is 5.69 Å². The summed E-state index contributed by atoms with van der Waals surface area (Å²) in [6.07, 6.45) is 4.53. The molecule has 7 atom stereocenters. The molecular formula is C41H56N2O14S2. The maximum absolute atomic E-state index is 12.9. The van der Waals surface area contributed by atoms with Gasteiger partial charge in [-0.1, -0.05) is 65.9 Å². The second kappa shape index (κ2) is 23.8. The van der Waals surface area contributed by atoms with Gasteiger partial charge in [0, 0.05) is 64.3 Å². The molecule has 18 heteroatoms. The molecule has 1 saturated heterocycles. The molecule has 59 heavy (non-hydrogen) atoms. The third-order valence-corrected chi connectivity index (χ3v) is 11.6. The number of aromatic nitrogens is 1. The fourth-order valence-corrected chi connectivity index (χ4v) is 9.07. The summed E-state index contributed by atoms with van der Waals surface area (Å²) in [4.78, 5) is 99.2. The normalized spacial score (nSPS) is 19.7. The summed E-state index contributed by atoms with van der Waals surface area (Å²) < 4.78 is 35.0. The summed E-state index contributed by atoms with van der Waals surface area (Å²) in [5.74, 6) is -4.40. The van der Waals surface area contributed by atoms with Crippen molar-refractivity contribution in [2.75, 3.05) is 18.5 Å². The number of rotatable bonds is 21. The molecule has 16 nitrogen and oxygen atoms in total. The van der Waals surface area contributed by atoms with E-state index in [-0.39, 0.29) is 54.8 Å². The van der Waals surface area contributed by atoms with Gasteiger partial charge in [-0.05, 0) is 38.2 Å². The first kappa shape index (κ1) is 48.7. The SMILES string of the molecule is CCC(OC(C)=O)C(C)/C=C/CC1COC(C(OC(C)=O)/C(C)=C/C(=O)OCCCCCCCC(=O)Nc2c3sscc-3n(C(C)=O)c2=O)C(OC(C)=O)C1OC(C)=O. The van der Waals surface area contributed by atoms with E-state index in [2.05, 4.69) is 5.32 Å². The van der Waals surface area contributed by atoms with Crippen LogP contribution in [0.2, 0.25) is 0 Å². The van der Waals surface area contributed by atoms with Crippen molar-refractivity contribution in [1.82, 2.24) is 4.57 Å². The number of allylic oxidation sites excluding steroid dienone is 1. The average molecular weight is 865 g/mol. The van der Waals surface area contributed by atoms with Gasteiger partial charge in [0.1, 0.15) is 24.0 Å². The Kier molecular flexibility index (Phi) is 19.6. The highest BCUT2D eigenvalue weighted by atomic mass is 32.9. The molecule has 1 N–H and O–H groups in total. The summed E-state index contributed by atoms with van der Waals surface area (Å²) in [6, 6.07) is 0. The van der Waals surface area contributed by atoms with E-state index in [4.69, 9.17) is 28.4 Å². The maximum Gasteiger partial charge on any atom is 0.330 e. The lowest BCUT2D eigenvalue weighted by Gasteiger charge is -2.43. The highest BCUT2D eigenvalue weighted by molar-refractivity contribution is 7.70. The van der Waals surface area contributed by atoms with Crippen LogP contribution in [0.25, 0.3) is 10.6 Å². The van der Waals surface area contributed by atoms with Crippen LogP contribution in [0.5, 0.6) is 0 Å². The molecule has 7 unspecified atom stereocenters. The third-order valence-electron chi connectivity index (χ3n) is 9.57. The number of hydrogen-bond donors (Lipinski definition) is 1. The van der Waals surface area contributed by atoms with Crippen molar-refractivity contribution in [3.8, 4) is 10.6 Å². The minimum absolute atomic E-state index is 0.0236. The molecule has 0 spiro atoms. The van der Waals surface area contributed by atoms with Gasteiger partial charge in [0.05, 0.1) is 23.8 Å². The van der Waals surface area contributed by atoms with Crippen LogP contribution in [-0.2, 0) is 57.2 Å². The predicted molar refractivity (Wildman–Crippen MR) is 219 cm³/mol. The number of carbonyl (C=O) groups is 7. The first-order valence-corrected chi connectivity index (χ1v) is 21.9. The minimum Gasteiger partial charge on any atom is -0.463 e. The van der Waals surface area contributed by atoms with Crippen molar-refractivity contribution < 1.29 is 62.0 Å². The van der Waals surface area contributed by atoms with E-state index in [0.717, 1.165) is 23.8 Å². The highest BCUT2D eigenvalue weighted by Crippen LogP contribution is 2.37. The quantitative estimate of drug-likeness (QED) is 0.0368. The molecule has 326 valence electrons. The summed E-state index contributed by atoms with van der Waals surface area (Å²) in [7, 11) is 2.69. The number of nitrogens with zero attached hydrogens (tertiary/aromatic N) is 1. The van der Waals surface area contributed by atoms with Crippen LogP contribution in [0.15, 0.2) is 34.0 Å². The molecule has 1 fully saturated rings. The Balaban J connectivity index is 1.56. The zero-order chi connectivity index (χ0) is 43.8. The second-order valence-corrected chi connectivity index (χ2v) is 16.6. The lowest BCUT2D eigenvalue weighted by Crippen LogP contribution is -2.58. The first-order valence-electron chi connectivity index (χ1n) is 19.7. The van der Waals surface area contributed by atoms with Gasteiger partial charge < -0.3 is 33.7 Å². The smallest absolute Gasteiger partial charge is 0.330 e. The molecule has 0 aromatic heterocycles. The van der Waals surface area contributed by atoms with E-state index in [1.807, 2.05) is 26.0 Å². The van der Waals surface area contributed by atoms with Gasteiger partial charge in [-0.15, -0.1) is 0 Å². The van der Waals surface area contributed by atoms with E-state index in [1.165, 1.54) is 61.4 Å². The molecule has 3 aliphatic rings. The molecule has 3 heterocycles. The van der Waals surface area contributed by atoms with E-state index in [9.17, 15) is 38.4 Å². The topological polar surface area (TPSA) is 209 Å². The number of nitrogens with one attached hydrogen (secondary N) is 1.